The number of benzene rings is 2. The number of fused-ring (bicyclic) bond motifs is 5. The van der Waals surface area contributed by atoms with Crippen molar-refractivity contribution >= 4 is 34.6 Å². The van der Waals surface area contributed by atoms with E-state index in [0.717, 1.165) is 25.2 Å². The molecule has 3 fully saturated rings. The number of para-hydroxylation sites is 1. The summed E-state index contributed by atoms with van der Waals surface area (Å²) in [5, 5.41) is 12.0. The van der Waals surface area contributed by atoms with E-state index in [9.17, 15) is 19.7 Å². The van der Waals surface area contributed by atoms with Gasteiger partial charge in [0, 0.05) is 37.9 Å². The summed E-state index contributed by atoms with van der Waals surface area (Å²) in [6, 6.07) is 14.9. The van der Waals surface area contributed by atoms with Gasteiger partial charge >= 0.3 is 0 Å². The Hall–Kier alpha value is -3.68. The Bertz CT molecular complexity index is 1140. The van der Waals surface area contributed by atoms with Gasteiger partial charge < -0.3 is 9.80 Å². The molecule has 8 heteroatoms. The number of hydrogen-bond donors (Lipinski definition) is 0. The second-order valence-electron chi connectivity index (χ2n) is 9.25. The molecule has 2 aromatic carbocycles. The van der Waals surface area contributed by atoms with Crippen LogP contribution < -0.4 is 14.7 Å². The van der Waals surface area contributed by atoms with Crippen LogP contribution in [0.1, 0.15) is 6.42 Å². The zero-order chi connectivity index (χ0) is 22.7. The van der Waals surface area contributed by atoms with Crippen molar-refractivity contribution in [2.75, 3.05) is 40.9 Å². The van der Waals surface area contributed by atoms with Gasteiger partial charge in [-0.25, -0.2) is 4.90 Å². The summed E-state index contributed by atoms with van der Waals surface area (Å²) in [6.07, 6.45) is 4.94. The van der Waals surface area contributed by atoms with Crippen LogP contribution in [0.4, 0.5) is 22.7 Å². The Morgan fingerprint density at radius 2 is 1.39 bits per heavy atom. The van der Waals surface area contributed by atoms with Gasteiger partial charge in [-0.15, -0.1) is 0 Å². The maximum atomic E-state index is 13.1. The fraction of sp³-hybridized carbons (Fsp3) is 0.360. The van der Waals surface area contributed by atoms with Crippen molar-refractivity contribution in [1.82, 2.24) is 0 Å². The van der Waals surface area contributed by atoms with Crippen molar-refractivity contribution < 1.29 is 14.5 Å². The highest BCUT2D eigenvalue weighted by molar-refractivity contribution is 6.23. The van der Waals surface area contributed by atoms with Crippen LogP contribution in [0, 0.1) is 33.8 Å². The molecule has 0 aromatic heterocycles. The minimum Gasteiger partial charge on any atom is -0.368 e. The van der Waals surface area contributed by atoms with Crippen molar-refractivity contribution in [1.29, 1.82) is 0 Å². The van der Waals surface area contributed by atoms with Crippen molar-refractivity contribution in [3.8, 4) is 0 Å². The molecule has 2 aliphatic carbocycles. The second-order valence-corrected chi connectivity index (χ2v) is 9.25. The molecule has 2 amide bonds. The van der Waals surface area contributed by atoms with Gasteiger partial charge in [0.2, 0.25) is 11.8 Å². The van der Waals surface area contributed by atoms with Gasteiger partial charge in [0.25, 0.3) is 5.69 Å². The third-order valence-electron chi connectivity index (χ3n) is 7.63. The molecule has 33 heavy (non-hydrogen) atoms. The zero-order valence-electron chi connectivity index (χ0n) is 18.0. The second kappa shape index (κ2) is 7.43. The number of rotatable bonds is 4. The number of allylic oxidation sites excluding steroid dienone is 2. The van der Waals surface area contributed by atoms with Crippen LogP contribution in [0.5, 0.6) is 0 Å². The first-order valence-electron chi connectivity index (χ1n) is 11.4. The van der Waals surface area contributed by atoms with Crippen LogP contribution in [0.15, 0.2) is 60.7 Å². The fourth-order valence-corrected chi connectivity index (χ4v) is 6.07. The van der Waals surface area contributed by atoms with Gasteiger partial charge in [-0.1, -0.05) is 30.4 Å². The lowest BCUT2D eigenvalue weighted by Gasteiger charge is -2.37. The normalized spacial score (nSPS) is 28.1. The Morgan fingerprint density at radius 3 is 2.00 bits per heavy atom. The molecule has 2 saturated heterocycles. The lowest BCUT2D eigenvalue weighted by molar-refractivity contribution is -0.384. The van der Waals surface area contributed by atoms with E-state index in [2.05, 4.69) is 17.0 Å². The predicted molar refractivity (Wildman–Crippen MR) is 124 cm³/mol. The average molecular weight is 444 g/mol. The van der Waals surface area contributed by atoms with E-state index in [1.54, 1.807) is 12.1 Å². The van der Waals surface area contributed by atoms with Crippen LogP contribution in [0.2, 0.25) is 0 Å². The summed E-state index contributed by atoms with van der Waals surface area (Å²) in [5.74, 6) is -0.872. The van der Waals surface area contributed by atoms with Gasteiger partial charge in [0.15, 0.2) is 0 Å². The summed E-state index contributed by atoms with van der Waals surface area (Å²) in [4.78, 5) is 43.2. The standard InChI is InChI=1S/C25H24N4O4/c30-24-22-16-6-7-17(14-16)23(22)25(31)28(24)19-8-9-20(21(15-19)29(32)33)27-12-10-26(11-13-27)18-4-2-1-3-5-18/h1-9,15-17,22-23H,10-14H2/t16-,17+,22-,23+. The number of carbonyl (C=O) groups is 2. The molecule has 0 spiro atoms. The van der Waals surface area contributed by atoms with Crippen molar-refractivity contribution in [3.63, 3.8) is 0 Å². The quantitative estimate of drug-likeness (QED) is 0.311. The zero-order valence-corrected chi connectivity index (χ0v) is 18.0. The summed E-state index contributed by atoms with van der Waals surface area (Å²) >= 11 is 0. The maximum Gasteiger partial charge on any atom is 0.294 e. The van der Waals surface area contributed by atoms with Gasteiger partial charge in [0.05, 0.1) is 22.4 Å². The van der Waals surface area contributed by atoms with Crippen LogP contribution in [-0.2, 0) is 9.59 Å². The van der Waals surface area contributed by atoms with Gasteiger partial charge in [-0.2, -0.15) is 0 Å². The van der Waals surface area contributed by atoms with E-state index in [-0.39, 0.29) is 41.2 Å². The topological polar surface area (TPSA) is 87.0 Å². The highest BCUT2D eigenvalue weighted by atomic mass is 16.6. The Labute approximate surface area is 191 Å². The number of nitro benzene ring substituents is 1. The van der Waals surface area contributed by atoms with E-state index in [0.29, 0.717) is 24.5 Å². The Kier molecular flexibility index (Phi) is 4.50. The van der Waals surface area contributed by atoms with E-state index in [4.69, 9.17) is 0 Å². The third-order valence-corrected chi connectivity index (χ3v) is 7.63. The molecule has 0 unspecified atom stereocenters. The summed E-state index contributed by atoms with van der Waals surface area (Å²) < 4.78 is 0. The van der Waals surface area contributed by atoms with Crippen molar-refractivity contribution in [2.45, 2.75) is 6.42 Å². The molecule has 8 nitrogen and oxygen atoms in total. The van der Waals surface area contributed by atoms with Crippen LogP contribution in [0.3, 0.4) is 0 Å². The number of hydrogen-bond acceptors (Lipinski definition) is 6. The highest BCUT2D eigenvalue weighted by Gasteiger charge is 2.59. The molecule has 2 aromatic rings. The number of carbonyl (C=O) groups excluding carboxylic acids is 2. The molecule has 0 radical (unpaired) electrons. The van der Waals surface area contributed by atoms with Crippen LogP contribution in [0.25, 0.3) is 0 Å². The Morgan fingerprint density at radius 1 is 0.788 bits per heavy atom. The number of amides is 2. The fourth-order valence-electron chi connectivity index (χ4n) is 6.07. The van der Waals surface area contributed by atoms with Gasteiger partial charge in [-0.05, 0) is 42.5 Å². The molecule has 168 valence electrons. The van der Waals surface area contributed by atoms with E-state index in [1.807, 2.05) is 35.3 Å². The third kappa shape index (κ3) is 3.04. The SMILES string of the molecule is O=C1[C@@H]2[C@H](C(=O)N1c1ccc(N3CCN(c4ccccc4)CC3)c([N+](=O)[O-])c1)[C@@H]1C=C[C@H]2C1. The number of piperazine rings is 1. The van der Waals surface area contributed by atoms with Crippen LogP contribution in [-0.4, -0.2) is 42.9 Å². The number of nitro groups is 1. The summed E-state index contributed by atoms with van der Waals surface area (Å²) in [5.41, 5.74) is 1.90. The lowest BCUT2D eigenvalue weighted by atomic mass is 9.85. The highest BCUT2D eigenvalue weighted by Crippen LogP contribution is 2.53. The molecule has 4 aliphatic rings. The summed E-state index contributed by atoms with van der Waals surface area (Å²) in [7, 11) is 0. The monoisotopic (exact) mass is 444 g/mol. The molecule has 2 aliphatic heterocycles. The first-order chi connectivity index (χ1) is 16.0. The predicted octanol–water partition coefficient (Wildman–Crippen LogP) is 3.23. The minimum absolute atomic E-state index is 0.0700. The molecule has 2 heterocycles. The van der Waals surface area contributed by atoms with Gasteiger partial charge in [0.1, 0.15) is 5.69 Å². The largest absolute Gasteiger partial charge is 0.368 e. The molecule has 0 N–H and O–H groups in total. The van der Waals surface area contributed by atoms with Crippen molar-refractivity contribution in [2.24, 2.45) is 23.7 Å². The smallest absolute Gasteiger partial charge is 0.294 e. The number of anilines is 3. The molecular formula is C25H24N4O4. The lowest BCUT2D eigenvalue weighted by Crippen LogP contribution is -2.46. The van der Waals surface area contributed by atoms with E-state index >= 15 is 0 Å². The van der Waals surface area contributed by atoms with E-state index < -0.39 is 4.92 Å². The number of imide groups is 1. The molecule has 2 bridgehead atoms. The van der Waals surface area contributed by atoms with E-state index in [1.165, 1.54) is 11.0 Å². The first kappa shape index (κ1) is 20.0. The molecule has 1 saturated carbocycles. The Balaban J connectivity index is 1.25. The van der Waals surface area contributed by atoms with Crippen molar-refractivity contribution in [3.05, 3.63) is 70.8 Å². The average Bonchev–Trinajstić information content (AvgIpc) is 3.53. The summed E-state index contributed by atoms with van der Waals surface area (Å²) in [6.45, 7) is 2.81. The van der Waals surface area contributed by atoms with Gasteiger partial charge in [-0.3, -0.25) is 19.7 Å². The minimum atomic E-state index is -0.417. The first-order valence-corrected chi connectivity index (χ1v) is 11.4. The molecule has 6 rings (SSSR count). The molecular weight excluding hydrogens is 420 g/mol. The maximum absolute atomic E-state index is 13.1. The molecule has 4 atom stereocenters. The van der Waals surface area contributed by atoms with Crippen LogP contribution >= 0.6 is 0 Å². The number of nitrogens with zero attached hydrogens (tertiary/aromatic N) is 4.